The van der Waals surface area contributed by atoms with Crippen LogP contribution < -0.4 is 4.90 Å². The van der Waals surface area contributed by atoms with E-state index in [9.17, 15) is 14.7 Å². The van der Waals surface area contributed by atoms with Crippen LogP contribution in [0.25, 0.3) is 22.2 Å². The molecular weight excluding hydrogens is 476 g/mol. The number of benzene rings is 3. The van der Waals surface area contributed by atoms with Crippen LogP contribution in [0.4, 0.5) is 10.5 Å². The SMILES string of the molecule is CCCc1nc2c(C)cc(N(C)C(=O)N3CCCC3)cc2n1Cc1ccc(-c2ccccc2C(=O)O)cc1. The molecule has 7 heteroatoms. The Hall–Kier alpha value is -4.13. The Labute approximate surface area is 223 Å². The van der Waals surface area contributed by atoms with E-state index in [0.717, 1.165) is 78.0 Å². The number of urea groups is 1. The molecule has 196 valence electrons. The lowest BCUT2D eigenvalue weighted by atomic mass is 9.99. The number of hydrogen-bond acceptors (Lipinski definition) is 3. The predicted molar refractivity (Wildman–Crippen MR) is 151 cm³/mol. The predicted octanol–water partition coefficient (Wildman–Crippen LogP) is 6.36. The minimum Gasteiger partial charge on any atom is -0.478 e. The number of fused-ring (bicyclic) bond motifs is 1. The van der Waals surface area contributed by atoms with Gasteiger partial charge in [0.25, 0.3) is 0 Å². The van der Waals surface area contributed by atoms with Gasteiger partial charge in [0.15, 0.2) is 0 Å². The molecule has 0 spiro atoms. The highest BCUT2D eigenvalue weighted by Gasteiger charge is 2.23. The van der Waals surface area contributed by atoms with Gasteiger partial charge in [-0.2, -0.15) is 0 Å². The average Bonchev–Trinajstić information content (AvgIpc) is 3.58. The Morgan fingerprint density at radius 3 is 2.42 bits per heavy atom. The highest BCUT2D eigenvalue weighted by atomic mass is 16.4. The number of aryl methyl sites for hydroxylation is 2. The maximum absolute atomic E-state index is 13.1. The van der Waals surface area contributed by atoms with Crippen LogP contribution in [-0.4, -0.2) is 51.7 Å². The van der Waals surface area contributed by atoms with E-state index in [-0.39, 0.29) is 6.03 Å². The second-order valence-corrected chi connectivity index (χ2v) is 10.1. The second kappa shape index (κ2) is 10.7. The van der Waals surface area contributed by atoms with Crippen LogP contribution in [0.5, 0.6) is 0 Å². The Balaban J connectivity index is 1.49. The minimum absolute atomic E-state index is 0.0401. The summed E-state index contributed by atoms with van der Waals surface area (Å²) in [5, 5.41) is 9.58. The van der Waals surface area contributed by atoms with E-state index in [1.54, 1.807) is 17.0 Å². The van der Waals surface area contributed by atoms with Gasteiger partial charge in [0, 0.05) is 38.8 Å². The summed E-state index contributed by atoms with van der Waals surface area (Å²) in [7, 11) is 1.85. The van der Waals surface area contributed by atoms with Crippen molar-refractivity contribution in [3.8, 4) is 11.1 Å². The summed E-state index contributed by atoms with van der Waals surface area (Å²) in [4.78, 5) is 33.4. The number of carboxylic acid groups (broad SMARTS) is 1. The van der Waals surface area contributed by atoms with E-state index in [1.807, 2.05) is 36.2 Å². The number of likely N-dealkylation sites (tertiary alicyclic amines) is 1. The second-order valence-electron chi connectivity index (χ2n) is 10.1. The van der Waals surface area contributed by atoms with Gasteiger partial charge in [-0.25, -0.2) is 14.6 Å². The topological polar surface area (TPSA) is 78.7 Å². The molecule has 0 unspecified atom stereocenters. The number of aromatic carboxylic acids is 1. The van der Waals surface area contributed by atoms with Crippen molar-refractivity contribution in [1.82, 2.24) is 14.5 Å². The Kier molecular flexibility index (Phi) is 7.18. The van der Waals surface area contributed by atoms with Crippen molar-refractivity contribution in [2.24, 2.45) is 0 Å². The third-order valence-corrected chi connectivity index (χ3v) is 7.40. The Bertz CT molecular complexity index is 1480. The molecule has 0 radical (unpaired) electrons. The van der Waals surface area contributed by atoms with E-state index in [1.165, 1.54) is 0 Å². The van der Waals surface area contributed by atoms with Gasteiger partial charge in [-0.15, -0.1) is 0 Å². The zero-order valence-electron chi connectivity index (χ0n) is 22.3. The molecule has 0 atom stereocenters. The number of rotatable bonds is 7. The highest BCUT2D eigenvalue weighted by molar-refractivity contribution is 5.96. The monoisotopic (exact) mass is 510 g/mol. The van der Waals surface area contributed by atoms with Crippen LogP contribution >= 0.6 is 0 Å². The molecule has 5 rings (SSSR count). The molecule has 0 bridgehead atoms. The van der Waals surface area contributed by atoms with Gasteiger partial charge >= 0.3 is 12.0 Å². The van der Waals surface area contributed by atoms with Crippen LogP contribution in [0.3, 0.4) is 0 Å². The fourth-order valence-corrected chi connectivity index (χ4v) is 5.33. The molecule has 1 aliphatic rings. The van der Waals surface area contributed by atoms with Crippen molar-refractivity contribution < 1.29 is 14.7 Å². The van der Waals surface area contributed by atoms with Gasteiger partial charge in [0.1, 0.15) is 5.82 Å². The van der Waals surface area contributed by atoms with E-state index < -0.39 is 5.97 Å². The number of hydrogen-bond donors (Lipinski definition) is 1. The van der Waals surface area contributed by atoms with Gasteiger partial charge < -0.3 is 14.6 Å². The summed E-state index contributed by atoms with van der Waals surface area (Å²) in [5.41, 5.74) is 6.88. The maximum Gasteiger partial charge on any atom is 0.336 e. The molecule has 1 saturated heterocycles. The number of carbonyl (C=O) groups excluding carboxylic acids is 1. The summed E-state index contributed by atoms with van der Waals surface area (Å²) >= 11 is 0. The highest BCUT2D eigenvalue weighted by Crippen LogP contribution is 2.30. The van der Waals surface area contributed by atoms with Gasteiger partial charge in [-0.1, -0.05) is 49.4 Å². The summed E-state index contributed by atoms with van der Waals surface area (Å²) in [6.45, 7) is 6.48. The van der Waals surface area contributed by atoms with Crippen LogP contribution in [0.1, 0.15) is 53.5 Å². The third-order valence-electron chi connectivity index (χ3n) is 7.40. The largest absolute Gasteiger partial charge is 0.478 e. The van der Waals surface area contributed by atoms with Crippen LogP contribution in [0.15, 0.2) is 60.7 Å². The Morgan fingerprint density at radius 2 is 1.74 bits per heavy atom. The lowest BCUT2D eigenvalue weighted by molar-refractivity contribution is 0.0697. The molecule has 2 amide bonds. The molecule has 4 aromatic rings. The summed E-state index contributed by atoms with van der Waals surface area (Å²) in [5.74, 6) is 0.0923. The van der Waals surface area contributed by atoms with Crippen molar-refractivity contribution in [3.63, 3.8) is 0 Å². The molecule has 2 heterocycles. The van der Waals surface area contributed by atoms with Crippen molar-refractivity contribution in [1.29, 1.82) is 0 Å². The van der Waals surface area contributed by atoms with Crippen LogP contribution in [0, 0.1) is 6.92 Å². The number of nitrogens with zero attached hydrogens (tertiary/aromatic N) is 4. The molecule has 3 aromatic carbocycles. The number of imidazole rings is 1. The number of carbonyl (C=O) groups is 2. The number of anilines is 1. The smallest absolute Gasteiger partial charge is 0.336 e. The van der Waals surface area contributed by atoms with E-state index in [4.69, 9.17) is 4.98 Å². The van der Waals surface area contributed by atoms with Crippen molar-refractivity contribution in [3.05, 3.63) is 83.2 Å². The van der Waals surface area contributed by atoms with Crippen LogP contribution in [-0.2, 0) is 13.0 Å². The van der Waals surface area contributed by atoms with E-state index >= 15 is 0 Å². The van der Waals surface area contributed by atoms with Gasteiger partial charge in [0.05, 0.1) is 16.6 Å². The number of aromatic nitrogens is 2. The summed E-state index contributed by atoms with van der Waals surface area (Å²) < 4.78 is 2.25. The molecule has 38 heavy (non-hydrogen) atoms. The molecule has 1 aromatic heterocycles. The first kappa shape index (κ1) is 25.5. The minimum atomic E-state index is -0.932. The zero-order chi connectivity index (χ0) is 26.8. The standard InChI is InChI=1S/C31H34N4O3/c1-4-9-28-32-29-21(2)18-24(33(3)31(38)34-16-7-8-17-34)19-27(29)35(28)20-22-12-14-23(15-13-22)25-10-5-6-11-26(25)30(36)37/h5-6,10-15,18-19H,4,7-9,16-17,20H2,1-3H3,(H,36,37). The molecule has 7 nitrogen and oxygen atoms in total. The maximum atomic E-state index is 13.1. The third kappa shape index (κ3) is 4.88. The Morgan fingerprint density at radius 1 is 1.03 bits per heavy atom. The number of amides is 2. The van der Waals surface area contributed by atoms with Crippen molar-refractivity contribution in [2.45, 2.75) is 46.1 Å². The molecule has 0 saturated carbocycles. The molecule has 1 aliphatic heterocycles. The summed E-state index contributed by atoms with van der Waals surface area (Å²) in [6, 6.07) is 19.3. The average molecular weight is 511 g/mol. The van der Waals surface area contributed by atoms with Crippen molar-refractivity contribution in [2.75, 3.05) is 25.0 Å². The molecule has 1 fully saturated rings. The first-order valence-corrected chi connectivity index (χ1v) is 13.3. The first-order chi connectivity index (χ1) is 18.4. The van der Waals surface area contributed by atoms with Gasteiger partial charge in [0.2, 0.25) is 0 Å². The van der Waals surface area contributed by atoms with Crippen LogP contribution in [0.2, 0.25) is 0 Å². The van der Waals surface area contributed by atoms with E-state index in [2.05, 4.69) is 42.7 Å². The fraction of sp³-hybridized carbons (Fsp3) is 0.323. The van der Waals surface area contributed by atoms with E-state index in [0.29, 0.717) is 17.7 Å². The normalized spacial score (nSPS) is 13.3. The lowest BCUT2D eigenvalue weighted by Crippen LogP contribution is -2.39. The zero-order valence-corrected chi connectivity index (χ0v) is 22.3. The fourth-order valence-electron chi connectivity index (χ4n) is 5.33. The van der Waals surface area contributed by atoms with Crippen molar-refractivity contribution >= 4 is 28.7 Å². The molecular formula is C31H34N4O3. The lowest BCUT2D eigenvalue weighted by Gasteiger charge is -2.25. The van der Waals surface area contributed by atoms with Gasteiger partial charge in [-0.3, -0.25) is 4.90 Å². The van der Waals surface area contributed by atoms with Gasteiger partial charge in [-0.05, 0) is 66.6 Å². The molecule has 1 N–H and O–H groups in total. The summed E-state index contributed by atoms with van der Waals surface area (Å²) in [6.07, 6.45) is 3.96. The first-order valence-electron chi connectivity index (χ1n) is 13.3. The number of carboxylic acids is 1. The quantitative estimate of drug-likeness (QED) is 0.314. The molecule has 0 aliphatic carbocycles.